The van der Waals surface area contributed by atoms with Crippen molar-refractivity contribution in [2.75, 3.05) is 7.11 Å². The lowest BCUT2D eigenvalue weighted by Gasteiger charge is -2.44. The lowest BCUT2D eigenvalue weighted by molar-refractivity contribution is -0.148. The molecule has 292 valence electrons. The highest BCUT2D eigenvalue weighted by molar-refractivity contribution is 6.77. The highest BCUT2D eigenvalue weighted by Crippen LogP contribution is 2.44. The van der Waals surface area contributed by atoms with Crippen molar-refractivity contribution in [1.82, 2.24) is 5.32 Å². The number of carbonyl (C=O) groups is 3. The minimum atomic E-state index is -2.33. The molecule has 1 aliphatic heterocycles. The van der Waals surface area contributed by atoms with E-state index in [1.54, 1.807) is 19.1 Å². The Morgan fingerprint density at radius 3 is 2.35 bits per heavy atom. The van der Waals surface area contributed by atoms with Crippen LogP contribution in [0.3, 0.4) is 0 Å². The summed E-state index contributed by atoms with van der Waals surface area (Å²) in [5.41, 5.74) is 3.99. The van der Waals surface area contributed by atoms with Crippen LogP contribution in [0.4, 0.5) is 0 Å². The summed E-state index contributed by atoms with van der Waals surface area (Å²) in [6.45, 7) is 17.6. The Kier molecular flexibility index (Phi) is 17.7. The fourth-order valence-corrected chi connectivity index (χ4v) is 12.4. The molecule has 0 radical (unpaired) electrons. The van der Waals surface area contributed by atoms with Crippen LogP contribution in [0.15, 0.2) is 102 Å². The minimum absolute atomic E-state index is 0.129. The quantitative estimate of drug-likeness (QED) is 0.0506. The van der Waals surface area contributed by atoms with Gasteiger partial charge in [0.05, 0.1) is 18.7 Å². The Labute approximate surface area is 322 Å². The minimum Gasteiger partial charge on any atom is -0.488 e. The zero-order valence-corrected chi connectivity index (χ0v) is 34.2. The predicted octanol–water partition coefficient (Wildman–Crippen LogP) is 8.94. The number of hydrogen-bond donors (Lipinski definition) is 1. The van der Waals surface area contributed by atoms with Gasteiger partial charge < -0.3 is 28.8 Å². The topological polar surface area (TPSA) is 122 Å². The number of amides is 1. The van der Waals surface area contributed by atoms with Crippen molar-refractivity contribution in [2.24, 2.45) is 5.16 Å². The number of esters is 2. The van der Waals surface area contributed by atoms with Crippen LogP contribution >= 0.6 is 0 Å². The Hall–Kier alpha value is -4.74. The number of cyclic esters (lactones) is 2. The Morgan fingerprint density at radius 1 is 0.981 bits per heavy atom. The monoisotopic (exact) mass is 758 g/mol. The number of oxime groups is 1. The molecule has 1 N–H and O–H groups in total. The van der Waals surface area contributed by atoms with Gasteiger partial charge in [0.15, 0.2) is 0 Å². The van der Waals surface area contributed by atoms with Gasteiger partial charge >= 0.3 is 11.9 Å². The van der Waals surface area contributed by atoms with Crippen molar-refractivity contribution in [1.29, 1.82) is 0 Å². The lowest BCUT2D eigenvalue weighted by atomic mass is 10.0. The van der Waals surface area contributed by atoms with E-state index in [-0.39, 0.29) is 31.1 Å². The number of nitrogens with zero attached hydrogens (tertiary/aromatic N) is 1. The van der Waals surface area contributed by atoms with E-state index in [1.807, 2.05) is 61.5 Å². The van der Waals surface area contributed by atoms with Gasteiger partial charge in [-0.15, -0.1) is 0 Å². The SMILES string of the molecule is CO/N=C/C=C\C(=O)N/C=C/C[C@H]1CC(=O)O[C@@H](C)/C=C/[C@H](O[Si](C(C)C)(C(C)C)C(C)C)/C(C)=C\Cc2cccc(OCc3ccccc3)c2C(=O)O1. The molecule has 3 rings (SSSR count). The Morgan fingerprint density at radius 2 is 1.69 bits per heavy atom. The zero-order chi connectivity index (χ0) is 39.7. The van der Waals surface area contributed by atoms with Crippen molar-refractivity contribution < 1.29 is 37.9 Å². The van der Waals surface area contributed by atoms with Crippen molar-refractivity contribution in [3.63, 3.8) is 0 Å². The Bertz CT molecular complexity index is 1660. The zero-order valence-electron chi connectivity index (χ0n) is 33.2. The smallest absolute Gasteiger partial charge is 0.342 e. The number of benzene rings is 2. The van der Waals surface area contributed by atoms with E-state index in [1.165, 1.54) is 31.7 Å². The van der Waals surface area contributed by atoms with Gasteiger partial charge in [0.25, 0.3) is 0 Å². The van der Waals surface area contributed by atoms with E-state index in [9.17, 15) is 14.4 Å². The number of carbonyl (C=O) groups excluding carboxylic acids is 3. The first-order chi connectivity index (χ1) is 25.8. The molecular weight excluding hydrogens is 701 g/mol. The molecular formula is C43H58N2O8Si. The molecule has 0 aromatic heterocycles. The Balaban J connectivity index is 2.05. The highest BCUT2D eigenvalue weighted by atomic mass is 28.4. The number of allylic oxidation sites excluding steroid dienone is 2. The van der Waals surface area contributed by atoms with Crippen LogP contribution < -0.4 is 10.1 Å². The average molecular weight is 759 g/mol. The second kappa shape index (κ2) is 21.8. The van der Waals surface area contributed by atoms with Gasteiger partial charge in [-0.05, 0) is 71.8 Å². The molecule has 1 heterocycles. The molecule has 1 aliphatic rings. The standard InChI is InChI=1S/C43H58N2O8Si/c1-30(2)54(31(3)4,32(5)6)53-38-25-23-34(8)51-41(47)28-37(19-14-26-44-40(46)21-15-27-45-49-9)52-43(48)42-36(24-22-33(38)7)18-13-20-39(42)50-29-35-16-11-10-12-17-35/h10-18,20-23,25-27,30-32,34,37-38H,19,24,28-29H2,1-9H3,(H,44,46)/b21-15-,25-23+,26-14+,33-22-,45-27+/t34-,37-,38-/m0/s1. The second-order valence-electron chi connectivity index (χ2n) is 14.3. The molecule has 0 saturated carbocycles. The fourth-order valence-electron chi connectivity index (χ4n) is 6.89. The molecule has 2 aromatic rings. The van der Waals surface area contributed by atoms with Gasteiger partial charge in [-0.25, -0.2) is 4.79 Å². The predicted molar refractivity (Wildman–Crippen MR) is 216 cm³/mol. The van der Waals surface area contributed by atoms with Gasteiger partial charge in [0, 0.05) is 18.7 Å². The van der Waals surface area contributed by atoms with E-state index >= 15 is 0 Å². The van der Waals surface area contributed by atoms with Crippen LogP contribution in [-0.4, -0.2) is 57.8 Å². The highest BCUT2D eigenvalue weighted by Gasteiger charge is 2.46. The number of hydrogen-bond acceptors (Lipinski definition) is 9. The molecule has 0 fully saturated rings. The van der Waals surface area contributed by atoms with Crippen molar-refractivity contribution in [3.8, 4) is 5.75 Å². The number of rotatable bonds is 14. The van der Waals surface area contributed by atoms with Crippen molar-refractivity contribution in [2.45, 2.75) is 116 Å². The van der Waals surface area contributed by atoms with Crippen LogP contribution in [0.25, 0.3) is 0 Å². The van der Waals surface area contributed by atoms with Crippen molar-refractivity contribution in [3.05, 3.63) is 113 Å². The summed E-state index contributed by atoms with van der Waals surface area (Å²) < 4.78 is 25.4. The second-order valence-corrected chi connectivity index (χ2v) is 19.7. The van der Waals surface area contributed by atoms with Gasteiger partial charge in [-0.3, -0.25) is 9.59 Å². The summed E-state index contributed by atoms with van der Waals surface area (Å²) in [4.78, 5) is 44.3. The normalized spacial score (nSPS) is 20.7. The molecule has 0 unspecified atom stereocenters. The van der Waals surface area contributed by atoms with E-state index in [0.29, 0.717) is 34.4 Å². The molecule has 0 spiro atoms. The summed E-state index contributed by atoms with van der Waals surface area (Å²) in [5, 5.41) is 6.16. The summed E-state index contributed by atoms with van der Waals surface area (Å²) in [7, 11) is -0.926. The van der Waals surface area contributed by atoms with Crippen molar-refractivity contribution >= 4 is 32.4 Å². The third-order valence-electron chi connectivity index (χ3n) is 9.47. The summed E-state index contributed by atoms with van der Waals surface area (Å²) in [6.07, 6.45) is 11.6. The first-order valence-corrected chi connectivity index (χ1v) is 20.8. The molecule has 1 amide bonds. The van der Waals surface area contributed by atoms with Crippen LogP contribution in [0, 0.1) is 0 Å². The largest absolute Gasteiger partial charge is 0.488 e. The van der Waals surface area contributed by atoms with E-state index in [0.717, 1.165) is 11.1 Å². The van der Waals surface area contributed by atoms with Gasteiger partial charge in [-0.2, -0.15) is 0 Å². The molecule has 2 aromatic carbocycles. The van der Waals surface area contributed by atoms with Gasteiger partial charge in [-0.1, -0.05) is 107 Å². The molecule has 54 heavy (non-hydrogen) atoms. The summed E-state index contributed by atoms with van der Waals surface area (Å²) >= 11 is 0. The molecule has 0 bridgehead atoms. The average Bonchev–Trinajstić information content (AvgIpc) is 3.13. The first-order valence-electron chi connectivity index (χ1n) is 18.7. The lowest BCUT2D eigenvalue weighted by Crippen LogP contribution is -2.50. The van der Waals surface area contributed by atoms with E-state index in [2.05, 4.69) is 62.9 Å². The summed E-state index contributed by atoms with van der Waals surface area (Å²) in [5.74, 6) is -1.19. The number of ether oxygens (including phenoxy) is 3. The fraction of sp³-hybridized carbons (Fsp3) is 0.442. The van der Waals surface area contributed by atoms with Crippen LogP contribution in [-0.2, 0) is 41.4 Å². The molecule has 0 aliphatic carbocycles. The molecule has 0 saturated heterocycles. The van der Waals surface area contributed by atoms with Gasteiger partial charge in [0.2, 0.25) is 14.2 Å². The van der Waals surface area contributed by atoms with Crippen LogP contribution in [0.2, 0.25) is 16.6 Å². The van der Waals surface area contributed by atoms with E-state index < -0.39 is 38.4 Å². The van der Waals surface area contributed by atoms with Crippen LogP contribution in [0.1, 0.15) is 89.7 Å². The third kappa shape index (κ3) is 13.0. The first kappa shape index (κ1) is 43.7. The molecule has 11 heteroatoms. The van der Waals surface area contributed by atoms with Gasteiger partial charge in [0.1, 0.15) is 37.2 Å². The number of fused-ring (bicyclic) bond motifs is 1. The third-order valence-corrected chi connectivity index (χ3v) is 15.5. The maximum absolute atomic E-state index is 14.2. The number of nitrogens with one attached hydrogen (secondary N) is 1. The summed E-state index contributed by atoms with van der Waals surface area (Å²) in [6, 6.07) is 15.2. The van der Waals surface area contributed by atoms with E-state index in [4.69, 9.17) is 18.6 Å². The maximum Gasteiger partial charge on any atom is 0.342 e. The van der Waals surface area contributed by atoms with Crippen LogP contribution in [0.5, 0.6) is 5.75 Å². The molecule has 3 atom stereocenters. The maximum atomic E-state index is 14.2. The molecule has 10 nitrogen and oxygen atoms in total.